The van der Waals surface area contributed by atoms with Gasteiger partial charge >= 0.3 is 0 Å². The second-order valence-electron chi connectivity index (χ2n) is 5.12. The minimum Gasteiger partial charge on any atom is -0.492 e. The van der Waals surface area contributed by atoms with Gasteiger partial charge in [0.25, 0.3) is 0 Å². The van der Waals surface area contributed by atoms with Crippen molar-refractivity contribution < 1.29 is 9.47 Å². The van der Waals surface area contributed by atoms with Gasteiger partial charge in [0, 0.05) is 18.2 Å². The summed E-state index contributed by atoms with van der Waals surface area (Å²) >= 11 is 0. The van der Waals surface area contributed by atoms with Gasteiger partial charge in [-0.25, -0.2) is 0 Å². The Kier molecular flexibility index (Phi) is 3.24. The Morgan fingerprint density at radius 1 is 1.28 bits per heavy atom. The number of para-hydroxylation sites is 1. The summed E-state index contributed by atoms with van der Waals surface area (Å²) < 4.78 is 11.3. The molecule has 4 nitrogen and oxygen atoms in total. The van der Waals surface area contributed by atoms with Crippen LogP contribution in [0.15, 0.2) is 24.3 Å². The molecule has 0 saturated carbocycles. The van der Waals surface area contributed by atoms with E-state index < -0.39 is 0 Å². The lowest BCUT2D eigenvalue weighted by atomic mass is 9.95. The first-order valence-corrected chi connectivity index (χ1v) is 6.54. The standard InChI is InChI=1S/C14H20N2O2/c1-16(10-6-7-17-8-10)12-9-18-13-5-3-2-4-11(13)14(12)15/h2-5,10,12,14H,6-9,15H2,1H3. The molecule has 1 aromatic carbocycles. The third-order valence-corrected chi connectivity index (χ3v) is 4.11. The third kappa shape index (κ3) is 2.00. The molecule has 1 aromatic rings. The molecule has 2 aliphatic heterocycles. The van der Waals surface area contributed by atoms with E-state index in [-0.39, 0.29) is 12.1 Å². The normalized spacial score (nSPS) is 31.2. The van der Waals surface area contributed by atoms with Crippen LogP contribution in [0.1, 0.15) is 18.0 Å². The highest BCUT2D eigenvalue weighted by Gasteiger charge is 2.34. The van der Waals surface area contributed by atoms with Crippen LogP contribution in [0.3, 0.4) is 0 Å². The molecule has 0 amide bonds. The van der Waals surface area contributed by atoms with Gasteiger partial charge in [0.1, 0.15) is 12.4 Å². The van der Waals surface area contributed by atoms with Gasteiger partial charge in [-0.2, -0.15) is 0 Å². The molecule has 18 heavy (non-hydrogen) atoms. The minimum absolute atomic E-state index is 0.0144. The maximum atomic E-state index is 6.40. The van der Waals surface area contributed by atoms with Crippen LogP contribution < -0.4 is 10.5 Å². The van der Waals surface area contributed by atoms with Crippen molar-refractivity contribution >= 4 is 0 Å². The zero-order valence-electron chi connectivity index (χ0n) is 10.7. The quantitative estimate of drug-likeness (QED) is 0.853. The summed E-state index contributed by atoms with van der Waals surface area (Å²) in [5.74, 6) is 0.928. The van der Waals surface area contributed by atoms with Gasteiger partial charge in [0.2, 0.25) is 0 Å². The number of nitrogens with zero attached hydrogens (tertiary/aromatic N) is 1. The lowest BCUT2D eigenvalue weighted by molar-refractivity contribution is 0.0755. The van der Waals surface area contributed by atoms with E-state index in [1.165, 1.54) is 0 Å². The molecule has 98 valence electrons. The summed E-state index contributed by atoms with van der Waals surface area (Å²) in [7, 11) is 2.13. The van der Waals surface area contributed by atoms with E-state index in [4.69, 9.17) is 15.2 Å². The smallest absolute Gasteiger partial charge is 0.124 e. The van der Waals surface area contributed by atoms with Crippen molar-refractivity contribution in [2.45, 2.75) is 24.5 Å². The Hall–Kier alpha value is -1.10. The van der Waals surface area contributed by atoms with Crippen molar-refractivity contribution in [3.63, 3.8) is 0 Å². The summed E-state index contributed by atoms with van der Waals surface area (Å²) in [6, 6.07) is 8.76. The average Bonchev–Trinajstić information content (AvgIpc) is 2.93. The molecule has 0 aromatic heterocycles. The molecule has 2 aliphatic rings. The number of nitrogens with two attached hydrogens (primary N) is 1. The minimum atomic E-state index is 0.0144. The molecule has 4 heteroatoms. The lowest BCUT2D eigenvalue weighted by Gasteiger charge is -2.39. The summed E-state index contributed by atoms with van der Waals surface area (Å²) in [5.41, 5.74) is 7.51. The fourth-order valence-corrected chi connectivity index (χ4v) is 2.86. The SMILES string of the molecule is CN(C1CCOC1)C1COc2ccccc2C1N. The van der Waals surface area contributed by atoms with E-state index in [1.54, 1.807) is 0 Å². The first-order chi connectivity index (χ1) is 8.77. The predicted octanol–water partition coefficient (Wildman–Crippen LogP) is 1.17. The van der Waals surface area contributed by atoms with Crippen LogP contribution in [-0.2, 0) is 4.74 Å². The Morgan fingerprint density at radius 2 is 2.11 bits per heavy atom. The first kappa shape index (κ1) is 12.0. The zero-order valence-corrected chi connectivity index (χ0v) is 10.7. The summed E-state index contributed by atoms with van der Waals surface area (Å²) in [5, 5.41) is 0. The van der Waals surface area contributed by atoms with Gasteiger partial charge in [-0.05, 0) is 19.5 Å². The van der Waals surface area contributed by atoms with Crippen molar-refractivity contribution in [1.29, 1.82) is 0 Å². The van der Waals surface area contributed by atoms with Gasteiger partial charge in [0.05, 0.1) is 18.7 Å². The van der Waals surface area contributed by atoms with Crippen LogP contribution in [-0.4, -0.2) is 43.9 Å². The fourth-order valence-electron chi connectivity index (χ4n) is 2.86. The zero-order chi connectivity index (χ0) is 12.5. The number of hydrogen-bond acceptors (Lipinski definition) is 4. The van der Waals surface area contributed by atoms with Crippen molar-refractivity contribution in [3.05, 3.63) is 29.8 Å². The van der Waals surface area contributed by atoms with E-state index in [1.807, 2.05) is 18.2 Å². The third-order valence-electron chi connectivity index (χ3n) is 4.11. The van der Waals surface area contributed by atoms with E-state index >= 15 is 0 Å². The molecule has 1 saturated heterocycles. The number of hydrogen-bond donors (Lipinski definition) is 1. The molecule has 0 aliphatic carbocycles. The topological polar surface area (TPSA) is 47.7 Å². The summed E-state index contributed by atoms with van der Waals surface area (Å²) in [6.45, 7) is 2.32. The van der Waals surface area contributed by atoms with Crippen LogP contribution in [0.25, 0.3) is 0 Å². The Morgan fingerprint density at radius 3 is 2.89 bits per heavy atom. The maximum absolute atomic E-state index is 6.40. The fraction of sp³-hybridized carbons (Fsp3) is 0.571. The first-order valence-electron chi connectivity index (χ1n) is 6.54. The highest BCUT2D eigenvalue weighted by Crippen LogP contribution is 2.33. The van der Waals surface area contributed by atoms with Crippen molar-refractivity contribution in [2.24, 2.45) is 5.73 Å². The highest BCUT2D eigenvalue weighted by molar-refractivity contribution is 5.38. The lowest BCUT2D eigenvalue weighted by Crippen LogP contribution is -2.51. The molecule has 0 radical (unpaired) electrons. The molecule has 1 fully saturated rings. The van der Waals surface area contributed by atoms with E-state index in [2.05, 4.69) is 18.0 Å². The summed E-state index contributed by atoms with van der Waals surface area (Å²) in [6.07, 6.45) is 1.08. The van der Waals surface area contributed by atoms with Gasteiger partial charge in [-0.15, -0.1) is 0 Å². The monoisotopic (exact) mass is 248 g/mol. The van der Waals surface area contributed by atoms with Gasteiger partial charge < -0.3 is 15.2 Å². The van der Waals surface area contributed by atoms with Gasteiger partial charge in [0.15, 0.2) is 0 Å². The van der Waals surface area contributed by atoms with Crippen LogP contribution >= 0.6 is 0 Å². The molecule has 2 N–H and O–H groups in total. The molecule has 3 atom stereocenters. The number of benzene rings is 1. The molecule has 3 unspecified atom stereocenters. The van der Waals surface area contributed by atoms with Crippen molar-refractivity contribution in [3.8, 4) is 5.75 Å². The molecular weight excluding hydrogens is 228 g/mol. The Bertz CT molecular complexity index is 418. The van der Waals surface area contributed by atoms with E-state index in [0.29, 0.717) is 12.6 Å². The molecule has 0 spiro atoms. The largest absolute Gasteiger partial charge is 0.492 e. The number of rotatable bonds is 2. The number of fused-ring (bicyclic) bond motifs is 1. The number of likely N-dealkylation sites (N-methyl/N-ethyl adjacent to an activating group) is 1. The molecule has 2 heterocycles. The van der Waals surface area contributed by atoms with E-state index in [9.17, 15) is 0 Å². The molecule has 3 rings (SSSR count). The second kappa shape index (κ2) is 4.88. The Balaban J connectivity index is 1.79. The van der Waals surface area contributed by atoms with Crippen LogP contribution in [0.5, 0.6) is 5.75 Å². The van der Waals surface area contributed by atoms with Crippen LogP contribution in [0.4, 0.5) is 0 Å². The molecular formula is C14H20N2O2. The predicted molar refractivity (Wildman–Crippen MR) is 69.6 cm³/mol. The highest BCUT2D eigenvalue weighted by atomic mass is 16.5. The van der Waals surface area contributed by atoms with Crippen LogP contribution in [0.2, 0.25) is 0 Å². The molecule has 0 bridgehead atoms. The van der Waals surface area contributed by atoms with Crippen LogP contribution in [0, 0.1) is 0 Å². The average molecular weight is 248 g/mol. The van der Waals surface area contributed by atoms with Gasteiger partial charge in [-0.1, -0.05) is 18.2 Å². The maximum Gasteiger partial charge on any atom is 0.124 e. The number of ether oxygens (including phenoxy) is 2. The summed E-state index contributed by atoms with van der Waals surface area (Å²) in [4.78, 5) is 2.33. The van der Waals surface area contributed by atoms with Crippen molar-refractivity contribution in [2.75, 3.05) is 26.9 Å². The van der Waals surface area contributed by atoms with Gasteiger partial charge in [-0.3, -0.25) is 4.90 Å². The van der Waals surface area contributed by atoms with E-state index in [0.717, 1.165) is 30.9 Å². The Labute approximate surface area is 108 Å². The van der Waals surface area contributed by atoms with Crippen molar-refractivity contribution in [1.82, 2.24) is 4.90 Å². The second-order valence-corrected chi connectivity index (χ2v) is 5.12.